The minimum Gasteiger partial charge on any atom is -0.381 e. The van der Waals surface area contributed by atoms with Crippen molar-refractivity contribution in [1.82, 2.24) is 10.3 Å². The average molecular weight is 420 g/mol. The summed E-state index contributed by atoms with van der Waals surface area (Å²) < 4.78 is 19.0. The van der Waals surface area contributed by atoms with Crippen molar-refractivity contribution in [3.05, 3.63) is 96.1 Å². The van der Waals surface area contributed by atoms with Crippen molar-refractivity contribution in [3.8, 4) is 0 Å². The van der Waals surface area contributed by atoms with E-state index in [1.807, 2.05) is 53.6 Å². The molecule has 0 saturated carbocycles. The molecule has 5 nitrogen and oxygen atoms in total. The van der Waals surface area contributed by atoms with E-state index in [2.05, 4.69) is 10.3 Å². The first-order chi connectivity index (χ1) is 15.1. The number of amides is 1. The van der Waals surface area contributed by atoms with Gasteiger partial charge in [-0.3, -0.25) is 9.78 Å². The number of nitrogens with one attached hydrogen (secondary N) is 1. The number of rotatable bonds is 7. The van der Waals surface area contributed by atoms with Crippen LogP contribution in [0.15, 0.2) is 79.1 Å². The Balaban J connectivity index is 1.54. The molecule has 0 aliphatic carbocycles. The van der Waals surface area contributed by atoms with Crippen LogP contribution < -0.4 is 10.2 Å². The highest BCUT2D eigenvalue weighted by Crippen LogP contribution is 2.32. The summed E-state index contributed by atoms with van der Waals surface area (Å²) in [5, 5.41) is 3.26. The van der Waals surface area contributed by atoms with Gasteiger partial charge in [0.25, 0.3) is 0 Å². The van der Waals surface area contributed by atoms with Gasteiger partial charge in [0.1, 0.15) is 5.82 Å². The zero-order chi connectivity index (χ0) is 21.5. The lowest BCUT2D eigenvalue weighted by atomic mass is 9.82. The second kappa shape index (κ2) is 9.71. The molecule has 1 N–H and O–H groups in total. The number of aromatic nitrogens is 1. The molecule has 1 aliphatic rings. The molecule has 3 aromatic rings. The first-order valence-corrected chi connectivity index (χ1v) is 10.5. The monoisotopic (exact) mass is 419 g/mol. The number of pyridine rings is 1. The van der Waals surface area contributed by atoms with E-state index < -0.39 is 5.54 Å². The molecule has 1 aliphatic heterocycles. The summed E-state index contributed by atoms with van der Waals surface area (Å²) in [6.07, 6.45) is 4.85. The molecule has 31 heavy (non-hydrogen) atoms. The molecule has 160 valence electrons. The lowest BCUT2D eigenvalue weighted by molar-refractivity contribution is -0.123. The Kier molecular flexibility index (Phi) is 6.57. The second-order valence-electron chi connectivity index (χ2n) is 7.80. The third kappa shape index (κ3) is 5.27. The Morgan fingerprint density at radius 3 is 2.45 bits per heavy atom. The van der Waals surface area contributed by atoms with Crippen LogP contribution in [-0.2, 0) is 21.6 Å². The van der Waals surface area contributed by atoms with Gasteiger partial charge in [0.15, 0.2) is 0 Å². The van der Waals surface area contributed by atoms with Crippen LogP contribution >= 0.6 is 0 Å². The van der Waals surface area contributed by atoms with Gasteiger partial charge in [-0.15, -0.1) is 0 Å². The van der Waals surface area contributed by atoms with Gasteiger partial charge in [-0.05, 0) is 54.3 Å². The number of para-hydroxylation sites is 1. The summed E-state index contributed by atoms with van der Waals surface area (Å²) in [4.78, 5) is 19.5. The number of nitrogens with zero attached hydrogens (tertiary/aromatic N) is 2. The number of anilines is 1. The quantitative estimate of drug-likeness (QED) is 0.628. The Morgan fingerprint density at radius 2 is 1.77 bits per heavy atom. The van der Waals surface area contributed by atoms with Crippen LogP contribution in [0, 0.1) is 5.82 Å². The molecular weight excluding hydrogens is 393 g/mol. The van der Waals surface area contributed by atoms with Crippen LogP contribution in [-0.4, -0.2) is 30.6 Å². The van der Waals surface area contributed by atoms with Gasteiger partial charge in [0.05, 0.1) is 12.1 Å². The molecule has 0 bridgehead atoms. The number of ether oxygens (including phenoxy) is 1. The molecule has 0 atom stereocenters. The number of benzene rings is 2. The van der Waals surface area contributed by atoms with Crippen LogP contribution in [0.25, 0.3) is 0 Å². The summed E-state index contributed by atoms with van der Waals surface area (Å²) in [6, 6.07) is 20.2. The van der Waals surface area contributed by atoms with Gasteiger partial charge < -0.3 is 15.0 Å². The van der Waals surface area contributed by atoms with Crippen molar-refractivity contribution in [3.63, 3.8) is 0 Å². The highest BCUT2D eigenvalue weighted by molar-refractivity contribution is 5.82. The summed E-state index contributed by atoms with van der Waals surface area (Å²) in [6.45, 7) is 1.87. The fourth-order valence-corrected chi connectivity index (χ4v) is 4.04. The molecule has 0 unspecified atom stereocenters. The number of hydrogen-bond acceptors (Lipinski definition) is 4. The fourth-order valence-electron chi connectivity index (χ4n) is 4.04. The average Bonchev–Trinajstić information content (AvgIpc) is 2.81. The molecule has 1 saturated heterocycles. The normalized spacial score (nSPS) is 15.3. The summed E-state index contributed by atoms with van der Waals surface area (Å²) >= 11 is 0. The minimum absolute atomic E-state index is 0.0843. The maximum absolute atomic E-state index is 13.5. The standard InChI is InChI=1S/C25H26FN3O2/c26-22-10-8-21(9-11-22)25(12-15-31-16-13-25)28-24(30)19-29(23-6-2-1-3-7-23)18-20-5-4-14-27-17-20/h1-11,14,17H,12-13,15-16,18-19H2,(H,28,30). The van der Waals surface area contributed by atoms with E-state index in [-0.39, 0.29) is 18.3 Å². The topological polar surface area (TPSA) is 54.5 Å². The van der Waals surface area contributed by atoms with E-state index in [4.69, 9.17) is 4.74 Å². The lowest BCUT2D eigenvalue weighted by Crippen LogP contribution is -2.52. The Morgan fingerprint density at radius 1 is 1.03 bits per heavy atom. The molecule has 1 amide bonds. The summed E-state index contributed by atoms with van der Waals surface area (Å²) in [5.41, 5.74) is 2.34. The second-order valence-corrected chi connectivity index (χ2v) is 7.80. The van der Waals surface area contributed by atoms with Crippen LogP contribution in [0.2, 0.25) is 0 Å². The Labute approximate surface area is 181 Å². The molecule has 1 aromatic heterocycles. The van der Waals surface area contributed by atoms with E-state index in [1.54, 1.807) is 18.3 Å². The smallest absolute Gasteiger partial charge is 0.240 e. The van der Waals surface area contributed by atoms with Crippen LogP contribution in [0.5, 0.6) is 0 Å². The lowest BCUT2D eigenvalue weighted by Gasteiger charge is -2.39. The van der Waals surface area contributed by atoms with Crippen LogP contribution in [0.4, 0.5) is 10.1 Å². The molecule has 2 aromatic carbocycles. The number of halogens is 1. The largest absolute Gasteiger partial charge is 0.381 e. The SMILES string of the molecule is O=C(CN(Cc1cccnc1)c1ccccc1)NC1(c2ccc(F)cc2)CCOCC1. The van der Waals surface area contributed by atoms with Crippen molar-refractivity contribution < 1.29 is 13.9 Å². The summed E-state index contributed by atoms with van der Waals surface area (Å²) in [5.74, 6) is -0.372. The van der Waals surface area contributed by atoms with E-state index in [0.29, 0.717) is 32.6 Å². The molecule has 4 rings (SSSR count). The Bertz CT molecular complexity index is 975. The predicted molar refractivity (Wildman–Crippen MR) is 118 cm³/mol. The van der Waals surface area contributed by atoms with Crippen molar-refractivity contribution in [1.29, 1.82) is 0 Å². The Hall–Kier alpha value is -3.25. The van der Waals surface area contributed by atoms with E-state index >= 15 is 0 Å². The molecule has 0 spiro atoms. The van der Waals surface area contributed by atoms with Gasteiger partial charge in [-0.2, -0.15) is 0 Å². The van der Waals surface area contributed by atoms with E-state index in [9.17, 15) is 9.18 Å². The van der Waals surface area contributed by atoms with Gasteiger partial charge in [0, 0.05) is 37.8 Å². The van der Waals surface area contributed by atoms with Crippen LogP contribution in [0.3, 0.4) is 0 Å². The highest BCUT2D eigenvalue weighted by Gasteiger charge is 2.36. The number of hydrogen-bond donors (Lipinski definition) is 1. The van der Waals surface area contributed by atoms with E-state index in [1.165, 1.54) is 12.1 Å². The third-order valence-electron chi connectivity index (χ3n) is 5.67. The third-order valence-corrected chi connectivity index (χ3v) is 5.67. The predicted octanol–water partition coefficient (Wildman–Crippen LogP) is 4.05. The van der Waals surface area contributed by atoms with Crippen LogP contribution in [0.1, 0.15) is 24.0 Å². The fraction of sp³-hybridized carbons (Fsp3) is 0.280. The van der Waals surface area contributed by atoms with Gasteiger partial charge in [-0.25, -0.2) is 4.39 Å². The first kappa shape index (κ1) is 21.0. The molecule has 0 radical (unpaired) electrons. The molecule has 2 heterocycles. The summed E-state index contributed by atoms with van der Waals surface area (Å²) in [7, 11) is 0. The molecule has 1 fully saturated rings. The van der Waals surface area contributed by atoms with Gasteiger partial charge >= 0.3 is 0 Å². The zero-order valence-electron chi connectivity index (χ0n) is 17.3. The maximum Gasteiger partial charge on any atom is 0.240 e. The van der Waals surface area contributed by atoms with E-state index in [0.717, 1.165) is 16.8 Å². The number of carbonyl (C=O) groups excluding carboxylic acids is 1. The molecule has 6 heteroatoms. The maximum atomic E-state index is 13.5. The van der Waals surface area contributed by atoms with Gasteiger partial charge in [-0.1, -0.05) is 36.4 Å². The first-order valence-electron chi connectivity index (χ1n) is 10.5. The highest BCUT2D eigenvalue weighted by atomic mass is 19.1. The number of carbonyl (C=O) groups is 1. The van der Waals surface area contributed by atoms with Gasteiger partial charge in [0.2, 0.25) is 5.91 Å². The van der Waals surface area contributed by atoms with Crippen molar-refractivity contribution >= 4 is 11.6 Å². The van der Waals surface area contributed by atoms with Crippen molar-refractivity contribution in [2.45, 2.75) is 24.9 Å². The molecular formula is C25H26FN3O2. The zero-order valence-corrected chi connectivity index (χ0v) is 17.3. The minimum atomic E-state index is -0.556. The van der Waals surface area contributed by atoms with Crippen molar-refractivity contribution in [2.75, 3.05) is 24.7 Å². The van der Waals surface area contributed by atoms with Crippen molar-refractivity contribution in [2.24, 2.45) is 0 Å².